The van der Waals surface area contributed by atoms with Crippen molar-refractivity contribution in [3.8, 4) is 0 Å². The van der Waals surface area contributed by atoms with Crippen LogP contribution >= 0.6 is 0 Å². The predicted octanol–water partition coefficient (Wildman–Crippen LogP) is 1.41. The molecule has 0 aromatic carbocycles. The molecule has 1 atom stereocenters. The van der Waals surface area contributed by atoms with Gasteiger partial charge in [-0.25, -0.2) is 0 Å². The fourth-order valence-corrected chi connectivity index (χ4v) is 2.09. The first-order valence-corrected chi connectivity index (χ1v) is 6.99. The summed E-state index contributed by atoms with van der Waals surface area (Å²) in [5.74, 6) is 0.310. The van der Waals surface area contributed by atoms with Gasteiger partial charge >= 0.3 is 5.97 Å². The van der Waals surface area contributed by atoms with Crippen molar-refractivity contribution in [2.24, 2.45) is 17.6 Å². The van der Waals surface area contributed by atoms with Crippen molar-refractivity contribution in [3.63, 3.8) is 0 Å². The normalized spacial score (nSPS) is 12.3. The molecule has 1 unspecified atom stereocenters. The number of rotatable bonds is 9. The molecular weight excluding hydrogens is 244 g/mol. The third-order valence-electron chi connectivity index (χ3n) is 3.00. The maximum absolute atomic E-state index is 12.2. The van der Waals surface area contributed by atoms with Crippen molar-refractivity contribution in [3.05, 3.63) is 0 Å². The number of methoxy groups -OCH3 is 1. The first-order valence-electron chi connectivity index (χ1n) is 6.99. The maximum atomic E-state index is 12.2. The Balaban J connectivity index is 4.48. The van der Waals surface area contributed by atoms with E-state index in [9.17, 15) is 9.59 Å². The van der Waals surface area contributed by atoms with Crippen LogP contribution in [0.25, 0.3) is 0 Å². The van der Waals surface area contributed by atoms with Crippen molar-refractivity contribution in [1.82, 2.24) is 4.90 Å². The highest BCUT2D eigenvalue weighted by atomic mass is 16.5. The van der Waals surface area contributed by atoms with Crippen LogP contribution < -0.4 is 5.73 Å². The number of amides is 1. The summed E-state index contributed by atoms with van der Waals surface area (Å²) in [4.78, 5) is 25.1. The van der Waals surface area contributed by atoms with Crippen LogP contribution in [0.4, 0.5) is 0 Å². The first kappa shape index (κ1) is 17.9. The minimum atomic E-state index is -0.380. The van der Waals surface area contributed by atoms with Gasteiger partial charge in [0.2, 0.25) is 5.91 Å². The molecule has 112 valence electrons. The number of carbonyl (C=O) groups excluding carboxylic acids is 2. The highest BCUT2D eigenvalue weighted by molar-refractivity contribution is 5.82. The summed E-state index contributed by atoms with van der Waals surface area (Å²) >= 11 is 0. The molecular formula is C14H28N2O3. The minimum absolute atomic E-state index is 0.0108. The lowest BCUT2D eigenvalue weighted by atomic mass is 9.94. The number of ether oxygens (including phenoxy) is 1. The third kappa shape index (κ3) is 7.82. The van der Waals surface area contributed by atoms with E-state index < -0.39 is 0 Å². The molecule has 0 aliphatic carbocycles. The van der Waals surface area contributed by atoms with Crippen LogP contribution in [0.5, 0.6) is 0 Å². The van der Waals surface area contributed by atoms with Crippen LogP contribution in [0, 0.1) is 11.8 Å². The Morgan fingerprint density at radius 3 is 2.37 bits per heavy atom. The quantitative estimate of drug-likeness (QED) is 0.644. The molecule has 0 aliphatic heterocycles. The van der Waals surface area contributed by atoms with Crippen LogP contribution in [0.3, 0.4) is 0 Å². The summed E-state index contributed by atoms with van der Waals surface area (Å²) in [5.41, 5.74) is 5.71. The zero-order valence-electron chi connectivity index (χ0n) is 12.6. The summed E-state index contributed by atoms with van der Waals surface area (Å²) in [7, 11) is 1.33. The van der Waals surface area contributed by atoms with Crippen LogP contribution in [0.2, 0.25) is 0 Å². The van der Waals surface area contributed by atoms with Crippen molar-refractivity contribution >= 4 is 11.9 Å². The van der Waals surface area contributed by atoms with E-state index in [1.54, 1.807) is 4.90 Å². The van der Waals surface area contributed by atoms with E-state index >= 15 is 0 Å². The molecule has 1 amide bonds. The van der Waals surface area contributed by atoms with E-state index in [0.717, 1.165) is 12.8 Å². The monoisotopic (exact) mass is 272 g/mol. The van der Waals surface area contributed by atoms with Gasteiger partial charge in [0.1, 0.15) is 6.54 Å². The van der Waals surface area contributed by atoms with Gasteiger partial charge in [0.15, 0.2) is 0 Å². The van der Waals surface area contributed by atoms with Gasteiger partial charge in [-0.15, -0.1) is 0 Å². The number of hydrogen-bond donors (Lipinski definition) is 1. The van der Waals surface area contributed by atoms with E-state index in [2.05, 4.69) is 18.6 Å². The number of esters is 1. The minimum Gasteiger partial charge on any atom is -0.468 e. The second kappa shape index (κ2) is 9.78. The molecule has 5 nitrogen and oxygen atoms in total. The molecule has 0 rings (SSSR count). The fourth-order valence-electron chi connectivity index (χ4n) is 2.09. The van der Waals surface area contributed by atoms with Crippen LogP contribution in [0.1, 0.15) is 40.0 Å². The molecule has 0 bridgehead atoms. The number of carbonyl (C=O) groups is 2. The van der Waals surface area contributed by atoms with E-state index in [0.29, 0.717) is 25.4 Å². The Hall–Kier alpha value is -1.10. The summed E-state index contributed by atoms with van der Waals surface area (Å²) in [6.07, 6.45) is 2.16. The van der Waals surface area contributed by atoms with E-state index in [4.69, 9.17) is 5.73 Å². The van der Waals surface area contributed by atoms with Gasteiger partial charge in [0, 0.05) is 13.0 Å². The Bertz CT molecular complexity index is 280. The first-order chi connectivity index (χ1) is 8.94. The van der Waals surface area contributed by atoms with Gasteiger partial charge in [-0.3, -0.25) is 9.59 Å². The molecule has 2 N–H and O–H groups in total. The average Bonchev–Trinajstić information content (AvgIpc) is 2.36. The maximum Gasteiger partial charge on any atom is 0.325 e. The van der Waals surface area contributed by atoms with Gasteiger partial charge in [0.05, 0.1) is 7.11 Å². The Morgan fingerprint density at radius 2 is 1.95 bits per heavy atom. The number of nitrogens with zero attached hydrogens (tertiary/aromatic N) is 1. The topological polar surface area (TPSA) is 72.6 Å². The molecule has 0 saturated carbocycles. The molecule has 0 spiro atoms. The SMILES string of the molecule is CCCN(CC(=O)OC)C(=O)CC(CN)CC(C)C. The lowest BCUT2D eigenvalue weighted by Crippen LogP contribution is -2.38. The lowest BCUT2D eigenvalue weighted by Gasteiger charge is -2.24. The molecule has 0 aromatic heterocycles. The summed E-state index contributed by atoms with van der Waals surface area (Å²) in [5, 5.41) is 0. The zero-order valence-corrected chi connectivity index (χ0v) is 12.6. The Labute approximate surface area is 116 Å². The van der Waals surface area contributed by atoms with Crippen molar-refractivity contribution in [1.29, 1.82) is 0 Å². The largest absolute Gasteiger partial charge is 0.468 e. The molecule has 5 heteroatoms. The van der Waals surface area contributed by atoms with E-state index in [-0.39, 0.29) is 24.3 Å². The fraction of sp³-hybridized carbons (Fsp3) is 0.857. The van der Waals surface area contributed by atoms with E-state index in [1.807, 2.05) is 6.92 Å². The smallest absolute Gasteiger partial charge is 0.325 e. The average molecular weight is 272 g/mol. The standard InChI is InChI=1S/C14H28N2O3/c1-5-6-16(10-14(18)19-4)13(17)8-12(9-15)7-11(2)3/h11-12H,5-10,15H2,1-4H3. The lowest BCUT2D eigenvalue weighted by molar-refractivity contribution is -0.147. The van der Waals surface area contributed by atoms with Crippen LogP contribution in [0.15, 0.2) is 0 Å². The van der Waals surface area contributed by atoms with Gasteiger partial charge < -0.3 is 15.4 Å². The van der Waals surface area contributed by atoms with Crippen molar-refractivity contribution < 1.29 is 14.3 Å². The number of nitrogens with two attached hydrogens (primary N) is 1. The Morgan fingerprint density at radius 1 is 1.32 bits per heavy atom. The van der Waals surface area contributed by atoms with Gasteiger partial charge in [-0.2, -0.15) is 0 Å². The highest BCUT2D eigenvalue weighted by Gasteiger charge is 2.20. The van der Waals surface area contributed by atoms with Crippen LogP contribution in [-0.4, -0.2) is 43.5 Å². The van der Waals surface area contributed by atoms with Gasteiger partial charge in [-0.05, 0) is 31.2 Å². The molecule has 0 aliphatic rings. The van der Waals surface area contributed by atoms with E-state index in [1.165, 1.54) is 7.11 Å². The molecule has 0 fully saturated rings. The van der Waals surface area contributed by atoms with Crippen molar-refractivity contribution in [2.75, 3.05) is 26.7 Å². The highest BCUT2D eigenvalue weighted by Crippen LogP contribution is 2.15. The molecule has 0 aromatic rings. The molecule has 0 heterocycles. The second-order valence-electron chi connectivity index (χ2n) is 5.33. The summed E-state index contributed by atoms with van der Waals surface area (Å²) in [6, 6.07) is 0. The molecule has 0 saturated heterocycles. The summed E-state index contributed by atoms with van der Waals surface area (Å²) in [6.45, 7) is 7.32. The van der Waals surface area contributed by atoms with Gasteiger partial charge in [-0.1, -0.05) is 20.8 Å². The predicted molar refractivity (Wildman–Crippen MR) is 75.5 cm³/mol. The third-order valence-corrected chi connectivity index (χ3v) is 3.00. The van der Waals surface area contributed by atoms with Crippen LogP contribution in [-0.2, 0) is 14.3 Å². The Kier molecular flexibility index (Phi) is 9.21. The molecule has 19 heavy (non-hydrogen) atoms. The van der Waals surface area contributed by atoms with Crippen molar-refractivity contribution in [2.45, 2.75) is 40.0 Å². The zero-order chi connectivity index (χ0) is 14.8. The van der Waals surface area contributed by atoms with Gasteiger partial charge in [0.25, 0.3) is 0 Å². The molecule has 0 radical (unpaired) electrons. The second-order valence-corrected chi connectivity index (χ2v) is 5.33. The summed E-state index contributed by atoms with van der Waals surface area (Å²) < 4.78 is 4.62. The number of hydrogen-bond acceptors (Lipinski definition) is 4.